The Balaban J connectivity index is 2.26. The van der Waals surface area contributed by atoms with Crippen molar-refractivity contribution < 1.29 is 32.6 Å². The summed E-state index contributed by atoms with van der Waals surface area (Å²) in [4.78, 5) is 24.4. The topological polar surface area (TPSA) is 78.9 Å². The number of anilines is 1. The molecule has 124 valence electrons. The molecule has 1 heterocycles. The number of amides is 2. The third kappa shape index (κ3) is 4.23. The van der Waals surface area contributed by atoms with E-state index in [1.807, 2.05) is 0 Å². The molecule has 0 atom stereocenters. The van der Waals surface area contributed by atoms with Gasteiger partial charge in [-0.15, -0.1) is 13.2 Å². The molecule has 2 rings (SSSR count). The molecule has 0 unspecified atom stereocenters. The largest absolute Gasteiger partial charge is 0.573 e. The van der Waals surface area contributed by atoms with Crippen LogP contribution in [0.25, 0.3) is 0 Å². The second-order valence-corrected chi connectivity index (χ2v) is 5.31. The van der Waals surface area contributed by atoms with E-state index in [-0.39, 0.29) is 17.9 Å². The number of carbonyl (C=O) groups excluding carboxylic acids is 2. The number of nitrogens with zero attached hydrogens (tertiary/aromatic N) is 1. The summed E-state index contributed by atoms with van der Waals surface area (Å²) >= 11 is 3.10. The number of aliphatic hydroxyl groups is 1. The average Bonchev–Trinajstić information content (AvgIpc) is 2.69. The summed E-state index contributed by atoms with van der Waals surface area (Å²) in [6.07, 6.45) is -3.96. The van der Waals surface area contributed by atoms with Gasteiger partial charge in [-0.2, -0.15) is 0 Å². The van der Waals surface area contributed by atoms with Gasteiger partial charge in [0.25, 0.3) is 11.8 Å². The van der Waals surface area contributed by atoms with E-state index in [4.69, 9.17) is 5.11 Å². The highest BCUT2D eigenvalue weighted by atomic mass is 79.9. The smallest absolute Gasteiger partial charge is 0.404 e. The number of halogens is 4. The highest BCUT2D eigenvalue weighted by Gasteiger charge is 2.34. The van der Waals surface area contributed by atoms with E-state index in [1.165, 1.54) is 12.1 Å². The number of aliphatic hydroxyl groups excluding tert-OH is 1. The van der Waals surface area contributed by atoms with E-state index >= 15 is 0 Å². The van der Waals surface area contributed by atoms with Gasteiger partial charge in [0.05, 0.1) is 18.8 Å². The van der Waals surface area contributed by atoms with Gasteiger partial charge < -0.3 is 15.2 Å². The van der Waals surface area contributed by atoms with E-state index in [0.717, 1.165) is 17.0 Å². The Labute approximate surface area is 136 Å². The molecule has 0 aliphatic carbocycles. The maximum absolute atomic E-state index is 12.4. The predicted octanol–water partition coefficient (Wildman–Crippen LogP) is 2.00. The molecule has 23 heavy (non-hydrogen) atoms. The van der Waals surface area contributed by atoms with Gasteiger partial charge >= 0.3 is 6.36 Å². The zero-order valence-corrected chi connectivity index (χ0v) is 12.9. The Bertz CT molecular complexity index is 676. The normalized spacial score (nSPS) is 15.0. The highest BCUT2D eigenvalue weighted by molar-refractivity contribution is 9.10. The van der Waals surface area contributed by atoms with Crippen molar-refractivity contribution in [3.05, 3.63) is 34.4 Å². The van der Waals surface area contributed by atoms with Crippen LogP contribution in [0.15, 0.2) is 34.4 Å². The van der Waals surface area contributed by atoms with Crippen molar-refractivity contribution in [1.82, 2.24) is 4.90 Å². The molecular weight excluding hydrogens is 385 g/mol. The van der Waals surface area contributed by atoms with Gasteiger partial charge in [0.1, 0.15) is 5.70 Å². The molecular formula is C13H10BrF3N2O4. The molecule has 10 heteroatoms. The molecule has 0 aromatic heterocycles. The molecule has 0 radical (unpaired) electrons. The minimum absolute atomic E-state index is 0.144. The van der Waals surface area contributed by atoms with Crippen LogP contribution < -0.4 is 10.1 Å². The van der Waals surface area contributed by atoms with Gasteiger partial charge in [-0.25, -0.2) is 0 Å². The van der Waals surface area contributed by atoms with Crippen LogP contribution in [0.1, 0.15) is 0 Å². The molecule has 2 amide bonds. The standard InChI is InChI=1S/C13H10BrF3N2O4/c14-7-1-2-10(23-13(15,16)17)8(5-7)18-9-6-11(21)19(3-4-20)12(9)22/h1-2,5-6,18,20H,3-4H2. The molecule has 0 saturated carbocycles. The fraction of sp³-hybridized carbons (Fsp3) is 0.231. The van der Waals surface area contributed by atoms with E-state index in [2.05, 4.69) is 26.0 Å². The molecule has 0 bridgehead atoms. The van der Waals surface area contributed by atoms with Crippen LogP contribution in [0.4, 0.5) is 18.9 Å². The van der Waals surface area contributed by atoms with Crippen LogP contribution in [-0.2, 0) is 9.59 Å². The Kier molecular flexibility index (Phi) is 4.95. The zero-order chi connectivity index (χ0) is 17.2. The number of nitrogens with one attached hydrogen (secondary N) is 1. The number of ether oxygens (including phenoxy) is 1. The monoisotopic (exact) mass is 394 g/mol. The van der Waals surface area contributed by atoms with Crippen molar-refractivity contribution in [3.8, 4) is 5.75 Å². The molecule has 1 aromatic rings. The van der Waals surface area contributed by atoms with Crippen molar-refractivity contribution in [2.45, 2.75) is 6.36 Å². The number of β-amino-alcohol motifs (C(OH)–C–C–N with tert-alkyl or cyclic N) is 1. The van der Waals surface area contributed by atoms with E-state index in [0.29, 0.717) is 4.47 Å². The molecule has 6 nitrogen and oxygen atoms in total. The van der Waals surface area contributed by atoms with Gasteiger partial charge in [-0.3, -0.25) is 14.5 Å². The minimum Gasteiger partial charge on any atom is -0.404 e. The minimum atomic E-state index is -4.91. The molecule has 1 aliphatic rings. The average molecular weight is 395 g/mol. The van der Waals surface area contributed by atoms with Crippen LogP contribution in [0.2, 0.25) is 0 Å². The maximum Gasteiger partial charge on any atom is 0.573 e. The summed E-state index contributed by atoms with van der Waals surface area (Å²) in [5, 5.41) is 11.3. The number of rotatable bonds is 5. The summed E-state index contributed by atoms with van der Waals surface area (Å²) in [7, 11) is 0. The number of hydrogen-bond donors (Lipinski definition) is 2. The fourth-order valence-electron chi connectivity index (χ4n) is 1.87. The lowest BCUT2D eigenvalue weighted by molar-refractivity contribution is -0.274. The first-order valence-corrected chi connectivity index (χ1v) is 7.01. The molecule has 0 fully saturated rings. The fourth-order valence-corrected chi connectivity index (χ4v) is 2.23. The zero-order valence-electron chi connectivity index (χ0n) is 11.4. The van der Waals surface area contributed by atoms with Crippen LogP contribution in [0.5, 0.6) is 5.75 Å². The summed E-state index contributed by atoms with van der Waals surface area (Å²) in [5.74, 6) is -1.97. The number of imide groups is 1. The van der Waals surface area contributed by atoms with Crippen LogP contribution in [0, 0.1) is 0 Å². The molecule has 2 N–H and O–H groups in total. The number of benzene rings is 1. The second-order valence-electron chi connectivity index (χ2n) is 4.39. The first-order valence-electron chi connectivity index (χ1n) is 6.22. The van der Waals surface area contributed by atoms with E-state index in [1.54, 1.807) is 0 Å². The highest BCUT2D eigenvalue weighted by Crippen LogP contribution is 2.34. The molecule has 1 aliphatic heterocycles. The summed E-state index contributed by atoms with van der Waals surface area (Å²) in [6, 6.07) is 3.67. The van der Waals surface area contributed by atoms with Crippen LogP contribution in [-0.4, -0.2) is 41.3 Å². The lowest BCUT2D eigenvalue weighted by Crippen LogP contribution is -2.34. The quantitative estimate of drug-likeness (QED) is 0.746. The lowest BCUT2D eigenvalue weighted by Gasteiger charge is -2.16. The van der Waals surface area contributed by atoms with Crippen molar-refractivity contribution in [1.29, 1.82) is 0 Å². The predicted molar refractivity (Wildman–Crippen MR) is 76.3 cm³/mol. The van der Waals surface area contributed by atoms with Gasteiger partial charge in [-0.1, -0.05) is 15.9 Å². The maximum atomic E-state index is 12.4. The van der Waals surface area contributed by atoms with Gasteiger partial charge in [0, 0.05) is 10.5 Å². The van der Waals surface area contributed by atoms with Crippen molar-refractivity contribution in [2.75, 3.05) is 18.5 Å². The van der Waals surface area contributed by atoms with Crippen molar-refractivity contribution in [3.63, 3.8) is 0 Å². The summed E-state index contributed by atoms with van der Waals surface area (Å²) in [6.45, 7) is -0.623. The van der Waals surface area contributed by atoms with Gasteiger partial charge in [-0.05, 0) is 18.2 Å². The van der Waals surface area contributed by atoms with E-state index < -0.39 is 30.5 Å². The second kappa shape index (κ2) is 6.59. The van der Waals surface area contributed by atoms with E-state index in [9.17, 15) is 22.8 Å². The number of carbonyl (C=O) groups is 2. The van der Waals surface area contributed by atoms with Gasteiger partial charge in [0.2, 0.25) is 0 Å². The van der Waals surface area contributed by atoms with Crippen LogP contribution in [0.3, 0.4) is 0 Å². The Morgan fingerprint density at radius 1 is 1.30 bits per heavy atom. The SMILES string of the molecule is O=C1C=C(Nc2cc(Br)ccc2OC(F)(F)F)C(=O)N1CCO. The molecule has 0 spiro atoms. The Morgan fingerprint density at radius 3 is 2.61 bits per heavy atom. The third-order valence-electron chi connectivity index (χ3n) is 2.77. The third-order valence-corrected chi connectivity index (χ3v) is 3.26. The van der Waals surface area contributed by atoms with Crippen molar-refractivity contribution >= 4 is 33.4 Å². The number of alkyl halides is 3. The molecule has 1 aromatic carbocycles. The molecule has 0 saturated heterocycles. The van der Waals surface area contributed by atoms with Crippen molar-refractivity contribution in [2.24, 2.45) is 0 Å². The Hall–Kier alpha value is -2.07. The summed E-state index contributed by atoms with van der Waals surface area (Å²) < 4.78 is 41.5. The summed E-state index contributed by atoms with van der Waals surface area (Å²) in [5.41, 5.74) is -0.358. The number of hydrogen-bond acceptors (Lipinski definition) is 5. The van der Waals surface area contributed by atoms with Crippen LogP contribution >= 0.6 is 15.9 Å². The first kappa shape index (κ1) is 17.3. The first-order chi connectivity index (χ1) is 10.7. The van der Waals surface area contributed by atoms with Gasteiger partial charge in [0.15, 0.2) is 5.75 Å². The lowest BCUT2D eigenvalue weighted by atomic mass is 10.2. The Morgan fingerprint density at radius 2 is 2.00 bits per heavy atom.